The van der Waals surface area contributed by atoms with E-state index < -0.39 is 0 Å². The number of nitrogens with zero attached hydrogens (tertiary/aromatic N) is 3. The zero-order chi connectivity index (χ0) is 8.23. The van der Waals surface area contributed by atoms with Gasteiger partial charge in [0.15, 0.2) is 5.82 Å². The zero-order valence-corrected chi connectivity index (χ0v) is 6.38. The molecule has 2 aromatic rings. The van der Waals surface area contributed by atoms with E-state index in [0.717, 1.165) is 5.69 Å². The molecule has 0 aliphatic heterocycles. The lowest BCUT2D eigenvalue weighted by Gasteiger charge is -1.95. The van der Waals surface area contributed by atoms with E-state index >= 15 is 0 Å². The van der Waals surface area contributed by atoms with Gasteiger partial charge in [-0.2, -0.15) is 0 Å². The van der Waals surface area contributed by atoms with Crippen molar-refractivity contribution in [3.05, 3.63) is 42.9 Å². The van der Waals surface area contributed by atoms with Crippen molar-refractivity contribution < 1.29 is 0 Å². The molecule has 0 bridgehead atoms. The van der Waals surface area contributed by atoms with Crippen LogP contribution in [0.1, 0.15) is 0 Å². The predicted molar refractivity (Wildman–Crippen MR) is 45.3 cm³/mol. The van der Waals surface area contributed by atoms with E-state index in [1.165, 1.54) is 0 Å². The van der Waals surface area contributed by atoms with Crippen LogP contribution < -0.4 is 0 Å². The molecule has 0 amide bonds. The van der Waals surface area contributed by atoms with Crippen molar-refractivity contribution in [2.24, 2.45) is 0 Å². The first-order valence-corrected chi connectivity index (χ1v) is 3.65. The summed E-state index contributed by atoms with van der Waals surface area (Å²) in [5, 5.41) is 0. The minimum atomic E-state index is 0.665. The maximum Gasteiger partial charge on any atom is 0.178 e. The smallest absolute Gasteiger partial charge is 0.178 e. The second kappa shape index (κ2) is 3.09. The summed E-state index contributed by atoms with van der Waals surface area (Å²) in [6.07, 6.45) is 5.14. The summed E-state index contributed by atoms with van der Waals surface area (Å²) in [6, 6.07) is 7.45. The molecular formula is C9H7N3. The van der Waals surface area contributed by atoms with Crippen molar-refractivity contribution in [1.82, 2.24) is 15.0 Å². The molecule has 12 heavy (non-hydrogen) atoms. The van der Waals surface area contributed by atoms with Crippen molar-refractivity contribution in [2.45, 2.75) is 0 Å². The lowest BCUT2D eigenvalue weighted by Crippen LogP contribution is -1.88. The molecule has 58 valence electrons. The Balaban J connectivity index is 2.46. The number of hydrogen-bond acceptors (Lipinski definition) is 3. The normalized spacial score (nSPS) is 9.67. The van der Waals surface area contributed by atoms with Crippen LogP contribution in [0.2, 0.25) is 0 Å². The fourth-order valence-electron chi connectivity index (χ4n) is 0.926. The molecule has 0 aliphatic carbocycles. The topological polar surface area (TPSA) is 38.7 Å². The molecule has 0 saturated heterocycles. The van der Waals surface area contributed by atoms with Crippen molar-refractivity contribution in [1.29, 1.82) is 0 Å². The average Bonchev–Trinajstić information content (AvgIpc) is 2.21. The SMILES string of the molecule is c1ccc(-c2ncccn2)nc1. The molecule has 2 aromatic heterocycles. The Kier molecular flexibility index (Phi) is 1.78. The summed E-state index contributed by atoms with van der Waals surface area (Å²) in [6.45, 7) is 0. The highest BCUT2D eigenvalue weighted by molar-refractivity contribution is 5.47. The summed E-state index contributed by atoms with van der Waals surface area (Å²) in [5.41, 5.74) is 0.804. The van der Waals surface area contributed by atoms with Gasteiger partial charge in [0.25, 0.3) is 0 Å². The van der Waals surface area contributed by atoms with E-state index in [2.05, 4.69) is 15.0 Å². The quantitative estimate of drug-likeness (QED) is 0.630. The van der Waals surface area contributed by atoms with E-state index in [0.29, 0.717) is 5.82 Å². The summed E-state index contributed by atoms with van der Waals surface area (Å²) < 4.78 is 0. The molecule has 0 atom stereocenters. The Morgan fingerprint density at radius 2 is 1.50 bits per heavy atom. The Labute approximate surface area is 70.1 Å². The number of aromatic nitrogens is 3. The Morgan fingerprint density at radius 3 is 2.17 bits per heavy atom. The van der Waals surface area contributed by atoms with Crippen LogP contribution in [0.4, 0.5) is 0 Å². The molecule has 0 aromatic carbocycles. The highest BCUT2D eigenvalue weighted by atomic mass is 14.9. The van der Waals surface area contributed by atoms with E-state index in [4.69, 9.17) is 0 Å². The summed E-state index contributed by atoms with van der Waals surface area (Å²) in [4.78, 5) is 12.3. The van der Waals surface area contributed by atoms with Crippen LogP contribution in [0.15, 0.2) is 42.9 Å². The molecule has 0 spiro atoms. The summed E-state index contributed by atoms with van der Waals surface area (Å²) in [7, 11) is 0. The van der Waals surface area contributed by atoms with Gasteiger partial charge >= 0.3 is 0 Å². The van der Waals surface area contributed by atoms with Crippen LogP contribution in [-0.4, -0.2) is 15.0 Å². The second-order valence-corrected chi connectivity index (χ2v) is 2.29. The van der Waals surface area contributed by atoms with Gasteiger partial charge in [-0.05, 0) is 18.2 Å². The van der Waals surface area contributed by atoms with E-state index in [1.807, 2.05) is 18.2 Å². The number of rotatable bonds is 1. The minimum Gasteiger partial charge on any atom is -0.253 e. The fourth-order valence-corrected chi connectivity index (χ4v) is 0.926. The van der Waals surface area contributed by atoms with Crippen LogP contribution in [0.3, 0.4) is 0 Å². The van der Waals surface area contributed by atoms with Crippen LogP contribution >= 0.6 is 0 Å². The Bertz CT molecular complexity index is 307. The molecule has 0 aliphatic rings. The van der Waals surface area contributed by atoms with E-state index in [9.17, 15) is 0 Å². The fraction of sp³-hybridized carbons (Fsp3) is 0. The van der Waals surface area contributed by atoms with Gasteiger partial charge in [0.1, 0.15) is 5.69 Å². The first-order chi connectivity index (χ1) is 5.97. The average molecular weight is 157 g/mol. The molecule has 0 radical (unpaired) electrons. The van der Waals surface area contributed by atoms with Crippen molar-refractivity contribution in [3.63, 3.8) is 0 Å². The third-order valence-electron chi connectivity index (χ3n) is 1.46. The largest absolute Gasteiger partial charge is 0.253 e. The summed E-state index contributed by atoms with van der Waals surface area (Å²) in [5.74, 6) is 0.665. The first-order valence-electron chi connectivity index (χ1n) is 3.65. The predicted octanol–water partition coefficient (Wildman–Crippen LogP) is 1.54. The van der Waals surface area contributed by atoms with Gasteiger partial charge in [-0.15, -0.1) is 0 Å². The maximum absolute atomic E-state index is 4.12. The molecular weight excluding hydrogens is 150 g/mol. The standard InChI is InChI=1S/C9H7N3/c1-2-5-10-8(4-1)9-11-6-3-7-12-9/h1-7H. The maximum atomic E-state index is 4.12. The molecule has 0 fully saturated rings. The highest BCUT2D eigenvalue weighted by Gasteiger charge is 1.97. The van der Waals surface area contributed by atoms with Crippen molar-refractivity contribution in [3.8, 4) is 11.5 Å². The molecule has 3 nitrogen and oxygen atoms in total. The minimum absolute atomic E-state index is 0.665. The van der Waals surface area contributed by atoms with Gasteiger partial charge in [-0.1, -0.05) is 6.07 Å². The Hall–Kier alpha value is -1.77. The molecule has 0 N–H and O–H groups in total. The molecule has 0 saturated carbocycles. The van der Waals surface area contributed by atoms with Crippen LogP contribution in [0, 0.1) is 0 Å². The number of hydrogen-bond donors (Lipinski definition) is 0. The Morgan fingerprint density at radius 1 is 0.750 bits per heavy atom. The van der Waals surface area contributed by atoms with Gasteiger partial charge in [-0.3, -0.25) is 4.98 Å². The monoisotopic (exact) mass is 157 g/mol. The molecule has 0 unspecified atom stereocenters. The highest BCUT2D eigenvalue weighted by Crippen LogP contribution is 2.07. The molecule has 2 heterocycles. The van der Waals surface area contributed by atoms with Gasteiger partial charge in [0, 0.05) is 18.6 Å². The van der Waals surface area contributed by atoms with E-state index in [-0.39, 0.29) is 0 Å². The van der Waals surface area contributed by atoms with Crippen molar-refractivity contribution >= 4 is 0 Å². The third kappa shape index (κ3) is 1.29. The van der Waals surface area contributed by atoms with E-state index in [1.54, 1.807) is 24.7 Å². The third-order valence-corrected chi connectivity index (χ3v) is 1.46. The van der Waals surface area contributed by atoms with Crippen LogP contribution in [0.5, 0.6) is 0 Å². The zero-order valence-electron chi connectivity index (χ0n) is 6.38. The van der Waals surface area contributed by atoms with Gasteiger partial charge in [0.05, 0.1) is 0 Å². The summed E-state index contributed by atoms with van der Waals surface area (Å²) >= 11 is 0. The van der Waals surface area contributed by atoms with Crippen molar-refractivity contribution in [2.75, 3.05) is 0 Å². The van der Waals surface area contributed by atoms with Crippen LogP contribution in [0.25, 0.3) is 11.5 Å². The lowest BCUT2D eigenvalue weighted by molar-refractivity contribution is 1.14. The second-order valence-electron chi connectivity index (χ2n) is 2.29. The first kappa shape index (κ1) is 6.91. The lowest BCUT2D eigenvalue weighted by atomic mass is 10.3. The van der Waals surface area contributed by atoms with Gasteiger partial charge in [-0.25, -0.2) is 9.97 Å². The van der Waals surface area contributed by atoms with Crippen LogP contribution in [-0.2, 0) is 0 Å². The molecule has 3 heteroatoms. The number of pyridine rings is 1. The molecule has 2 rings (SSSR count). The van der Waals surface area contributed by atoms with Gasteiger partial charge < -0.3 is 0 Å². The van der Waals surface area contributed by atoms with Gasteiger partial charge in [0.2, 0.25) is 0 Å².